The zero-order chi connectivity index (χ0) is 14.7. The molecule has 1 unspecified atom stereocenters. The molecule has 0 fully saturated rings. The number of hydrogen-bond donors (Lipinski definition) is 1. The zero-order valence-electron chi connectivity index (χ0n) is 11.1. The first-order valence-corrected chi connectivity index (χ1v) is 6.79. The number of aliphatic carboxylic acids is 1. The second-order valence-electron chi connectivity index (χ2n) is 4.31. The minimum absolute atomic E-state index is 0.136. The molecule has 7 nitrogen and oxygen atoms in total. The van der Waals surface area contributed by atoms with E-state index in [1.165, 1.54) is 20.2 Å². The molecule has 1 atom stereocenters. The van der Waals surface area contributed by atoms with Crippen molar-refractivity contribution >= 4 is 23.2 Å². The maximum Gasteiger partial charge on any atom is 0.326 e. The van der Waals surface area contributed by atoms with Gasteiger partial charge in [-0.3, -0.25) is 4.79 Å². The molecule has 0 aliphatic rings. The van der Waals surface area contributed by atoms with E-state index in [2.05, 4.69) is 10.3 Å². The number of carbonyl (C=O) groups excluding carboxylic acids is 1. The summed E-state index contributed by atoms with van der Waals surface area (Å²) in [6.07, 6.45) is 1.52. The lowest BCUT2D eigenvalue weighted by Crippen LogP contribution is -2.40. The summed E-state index contributed by atoms with van der Waals surface area (Å²) in [4.78, 5) is 25.1. The van der Waals surface area contributed by atoms with Crippen LogP contribution < -0.4 is 0 Å². The Balaban J connectivity index is 2.08. The number of likely N-dealkylation sites (N-methyl/N-ethyl adjacent to an activating group) is 1. The third-order valence-electron chi connectivity index (χ3n) is 2.91. The van der Waals surface area contributed by atoms with Gasteiger partial charge in [0.2, 0.25) is 0 Å². The molecular weight excluding hydrogens is 280 g/mol. The Hall–Kier alpha value is -2.22. The van der Waals surface area contributed by atoms with Gasteiger partial charge in [0, 0.05) is 11.9 Å². The van der Waals surface area contributed by atoms with Crippen LogP contribution in [0.15, 0.2) is 23.7 Å². The molecule has 2 aromatic rings. The topological polar surface area (TPSA) is 88.3 Å². The van der Waals surface area contributed by atoms with E-state index in [1.807, 2.05) is 17.5 Å². The average molecular weight is 294 g/mol. The van der Waals surface area contributed by atoms with Crippen LogP contribution in [-0.4, -0.2) is 50.0 Å². The van der Waals surface area contributed by atoms with Gasteiger partial charge in [0.15, 0.2) is 5.69 Å². The number of carboxylic acid groups (broad SMARTS) is 1. The molecule has 2 rings (SSSR count). The number of thiophene rings is 1. The van der Waals surface area contributed by atoms with Crippen molar-refractivity contribution in [2.45, 2.75) is 19.5 Å². The highest BCUT2D eigenvalue weighted by molar-refractivity contribution is 7.09. The molecule has 0 aliphatic heterocycles. The summed E-state index contributed by atoms with van der Waals surface area (Å²) in [5.74, 6) is -1.52. The second-order valence-corrected chi connectivity index (χ2v) is 5.34. The number of rotatable bonds is 5. The van der Waals surface area contributed by atoms with E-state index in [0.717, 1.165) is 9.78 Å². The van der Waals surface area contributed by atoms with Crippen LogP contribution in [0.5, 0.6) is 0 Å². The Labute approximate surface area is 119 Å². The van der Waals surface area contributed by atoms with E-state index in [4.69, 9.17) is 5.11 Å². The number of carbonyl (C=O) groups is 2. The quantitative estimate of drug-likeness (QED) is 0.886. The highest BCUT2D eigenvalue weighted by Crippen LogP contribution is 2.10. The summed E-state index contributed by atoms with van der Waals surface area (Å²) >= 11 is 1.59. The lowest BCUT2D eigenvalue weighted by atomic mass is 10.3. The van der Waals surface area contributed by atoms with E-state index in [0.29, 0.717) is 6.54 Å². The van der Waals surface area contributed by atoms with E-state index in [9.17, 15) is 9.59 Å². The average Bonchev–Trinajstić information content (AvgIpc) is 3.08. The van der Waals surface area contributed by atoms with Crippen LogP contribution in [0.3, 0.4) is 0 Å². The molecule has 20 heavy (non-hydrogen) atoms. The summed E-state index contributed by atoms with van der Waals surface area (Å²) in [5, 5.41) is 18.5. The molecule has 0 radical (unpaired) electrons. The van der Waals surface area contributed by atoms with Crippen LogP contribution in [0.2, 0.25) is 0 Å². The van der Waals surface area contributed by atoms with E-state index >= 15 is 0 Å². The zero-order valence-corrected chi connectivity index (χ0v) is 11.9. The smallest absolute Gasteiger partial charge is 0.326 e. The molecule has 1 amide bonds. The van der Waals surface area contributed by atoms with Gasteiger partial charge in [-0.1, -0.05) is 11.3 Å². The summed E-state index contributed by atoms with van der Waals surface area (Å²) in [7, 11) is 1.43. The molecular formula is C12H14N4O3S. The minimum Gasteiger partial charge on any atom is -0.480 e. The predicted octanol–water partition coefficient (Wildman–Crippen LogP) is 0.933. The van der Waals surface area contributed by atoms with E-state index < -0.39 is 17.9 Å². The van der Waals surface area contributed by atoms with Gasteiger partial charge in [0.25, 0.3) is 5.91 Å². The van der Waals surface area contributed by atoms with Crippen molar-refractivity contribution in [1.82, 2.24) is 19.9 Å². The van der Waals surface area contributed by atoms with Crippen molar-refractivity contribution in [3.63, 3.8) is 0 Å². The van der Waals surface area contributed by atoms with Gasteiger partial charge in [0.05, 0.1) is 12.7 Å². The van der Waals surface area contributed by atoms with Crippen LogP contribution in [-0.2, 0) is 11.3 Å². The fraction of sp³-hybridized carbons (Fsp3) is 0.333. The molecule has 2 heterocycles. The lowest BCUT2D eigenvalue weighted by Gasteiger charge is -2.19. The first kappa shape index (κ1) is 14.2. The maximum absolute atomic E-state index is 12.1. The molecule has 0 bridgehead atoms. The molecule has 0 aromatic carbocycles. The predicted molar refractivity (Wildman–Crippen MR) is 72.6 cm³/mol. The molecule has 0 saturated carbocycles. The summed E-state index contributed by atoms with van der Waals surface area (Å²) in [5.41, 5.74) is 0.136. The van der Waals surface area contributed by atoms with Crippen LogP contribution in [0.1, 0.15) is 22.3 Å². The number of amides is 1. The third-order valence-corrected chi connectivity index (χ3v) is 3.78. The first-order chi connectivity index (χ1) is 9.49. The molecule has 0 saturated heterocycles. The SMILES string of the molecule is CC(C(=O)O)N(C)C(=O)c1cn(Cc2cccs2)nn1. The Kier molecular flexibility index (Phi) is 4.14. The monoisotopic (exact) mass is 294 g/mol. The highest BCUT2D eigenvalue weighted by atomic mass is 32.1. The standard InChI is InChI=1S/C12H14N4O3S/c1-8(12(18)19)15(2)11(17)10-7-16(14-13-10)6-9-4-3-5-20-9/h3-5,7-8H,6H2,1-2H3,(H,18,19). The summed E-state index contributed by atoms with van der Waals surface area (Å²) < 4.78 is 1.55. The van der Waals surface area contributed by atoms with Crippen molar-refractivity contribution in [1.29, 1.82) is 0 Å². The van der Waals surface area contributed by atoms with Gasteiger partial charge < -0.3 is 10.0 Å². The van der Waals surface area contributed by atoms with Crippen molar-refractivity contribution in [2.75, 3.05) is 7.05 Å². The fourth-order valence-electron chi connectivity index (χ4n) is 1.56. The van der Waals surface area contributed by atoms with Gasteiger partial charge in [-0.2, -0.15) is 0 Å². The highest BCUT2D eigenvalue weighted by Gasteiger charge is 2.24. The van der Waals surface area contributed by atoms with Gasteiger partial charge in [-0.15, -0.1) is 16.4 Å². The van der Waals surface area contributed by atoms with Gasteiger partial charge in [0.1, 0.15) is 6.04 Å². The van der Waals surface area contributed by atoms with Crippen LogP contribution >= 0.6 is 11.3 Å². The van der Waals surface area contributed by atoms with E-state index in [-0.39, 0.29) is 5.69 Å². The Morgan fingerprint density at radius 1 is 1.55 bits per heavy atom. The summed E-state index contributed by atoms with van der Waals surface area (Å²) in [6.45, 7) is 1.98. The molecule has 106 valence electrons. The molecule has 8 heteroatoms. The number of nitrogens with zero attached hydrogens (tertiary/aromatic N) is 4. The third kappa shape index (κ3) is 3.02. The molecule has 0 aliphatic carbocycles. The molecule has 1 N–H and O–H groups in total. The van der Waals surface area contributed by atoms with Crippen molar-refractivity contribution in [3.8, 4) is 0 Å². The molecule has 2 aromatic heterocycles. The maximum atomic E-state index is 12.1. The Morgan fingerprint density at radius 3 is 2.90 bits per heavy atom. The normalized spacial score (nSPS) is 12.1. The number of aromatic nitrogens is 3. The Morgan fingerprint density at radius 2 is 2.30 bits per heavy atom. The Bertz CT molecular complexity index is 608. The number of carboxylic acids is 1. The van der Waals surface area contributed by atoms with Gasteiger partial charge in [-0.05, 0) is 18.4 Å². The van der Waals surface area contributed by atoms with Crippen LogP contribution in [0, 0.1) is 0 Å². The van der Waals surface area contributed by atoms with Crippen LogP contribution in [0.25, 0.3) is 0 Å². The first-order valence-electron chi connectivity index (χ1n) is 5.91. The van der Waals surface area contributed by atoms with Crippen molar-refractivity contribution in [3.05, 3.63) is 34.3 Å². The number of hydrogen-bond acceptors (Lipinski definition) is 5. The largest absolute Gasteiger partial charge is 0.480 e. The minimum atomic E-state index is -1.06. The van der Waals surface area contributed by atoms with Crippen LogP contribution in [0.4, 0.5) is 0 Å². The van der Waals surface area contributed by atoms with Crippen molar-refractivity contribution < 1.29 is 14.7 Å². The summed E-state index contributed by atoms with van der Waals surface area (Å²) in [6, 6.07) is 2.99. The van der Waals surface area contributed by atoms with Gasteiger partial charge >= 0.3 is 5.97 Å². The van der Waals surface area contributed by atoms with E-state index in [1.54, 1.807) is 16.0 Å². The van der Waals surface area contributed by atoms with Gasteiger partial charge in [-0.25, -0.2) is 9.48 Å². The lowest BCUT2D eigenvalue weighted by molar-refractivity contribution is -0.141. The molecule has 0 spiro atoms. The fourth-order valence-corrected chi connectivity index (χ4v) is 2.25. The second kappa shape index (κ2) is 5.83. The van der Waals surface area contributed by atoms with Crippen molar-refractivity contribution in [2.24, 2.45) is 0 Å².